The van der Waals surface area contributed by atoms with Crippen LogP contribution in [0, 0.1) is 10.1 Å². The van der Waals surface area contributed by atoms with Crippen LogP contribution in [0.4, 0.5) is 5.69 Å². The van der Waals surface area contributed by atoms with Crippen molar-refractivity contribution in [1.82, 2.24) is 5.32 Å². The summed E-state index contributed by atoms with van der Waals surface area (Å²) in [5.41, 5.74) is 0.141. The van der Waals surface area contributed by atoms with Crippen LogP contribution in [0.3, 0.4) is 0 Å². The van der Waals surface area contributed by atoms with Crippen molar-refractivity contribution in [3.63, 3.8) is 0 Å². The van der Waals surface area contributed by atoms with Gasteiger partial charge in [0.25, 0.3) is 5.69 Å². The van der Waals surface area contributed by atoms with Gasteiger partial charge < -0.3 is 10.4 Å². The van der Waals surface area contributed by atoms with Gasteiger partial charge in [-0.25, -0.2) is 0 Å². The first-order valence-corrected chi connectivity index (χ1v) is 5.05. The molecule has 1 aromatic rings. The summed E-state index contributed by atoms with van der Waals surface area (Å²) in [7, 11) is 0. The maximum atomic E-state index is 10.5. The molecule has 0 unspecified atom stereocenters. The molecule has 5 nitrogen and oxygen atoms in total. The smallest absolute Gasteiger partial charge is 0.269 e. The number of aliphatic hydroxyl groups is 1. The second kappa shape index (κ2) is 5.05. The Labute approximate surface area is 94.3 Å². The maximum Gasteiger partial charge on any atom is 0.269 e. The topological polar surface area (TPSA) is 75.4 Å². The van der Waals surface area contributed by atoms with Crippen molar-refractivity contribution in [1.29, 1.82) is 0 Å². The summed E-state index contributed by atoms with van der Waals surface area (Å²) in [6.45, 7) is 4.35. The van der Waals surface area contributed by atoms with E-state index in [1.165, 1.54) is 12.1 Å². The van der Waals surface area contributed by atoms with Gasteiger partial charge in [0, 0.05) is 25.2 Å². The Morgan fingerprint density at radius 3 is 2.75 bits per heavy atom. The standard InChI is InChI=1S/C11H16N2O3/c1-11(2,14)8-12-7-9-4-3-5-10(6-9)13(15)16/h3-6,12,14H,7-8H2,1-2H3. The minimum absolute atomic E-state index is 0.0857. The van der Waals surface area contributed by atoms with E-state index in [-0.39, 0.29) is 5.69 Å². The molecule has 0 aromatic heterocycles. The maximum absolute atomic E-state index is 10.5. The molecule has 2 N–H and O–H groups in total. The molecule has 1 rings (SSSR count). The highest BCUT2D eigenvalue weighted by atomic mass is 16.6. The fourth-order valence-corrected chi connectivity index (χ4v) is 1.29. The van der Waals surface area contributed by atoms with Gasteiger partial charge in [0.2, 0.25) is 0 Å². The van der Waals surface area contributed by atoms with Crippen LogP contribution < -0.4 is 5.32 Å². The molecule has 0 radical (unpaired) electrons. The molecule has 0 saturated heterocycles. The van der Waals surface area contributed by atoms with Gasteiger partial charge in [0.15, 0.2) is 0 Å². The Morgan fingerprint density at radius 2 is 2.19 bits per heavy atom. The Balaban J connectivity index is 2.55. The van der Waals surface area contributed by atoms with E-state index in [1.807, 2.05) is 6.07 Å². The van der Waals surface area contributed by atoms with Crippen molar-refractivity contribution >= 4 is 5.69 Å². The quantitative estimate of drug-likeness (QED) is 0.586. The number of nitrogens with one attached hydrogen (secondary N) is 1. The van der Waals surface area contributed by atoms with E-state index in [1.54, 1.807) is 19.9 Å². The SMILES string of the molecule is CC(C)(O)CNCc1cccc([N+](=O)[O-])c1. The van der Waals surface area contributed by atoms with Crippen molar-refractivity contribution < 1.29 is 10.0 Å². The van der Waals surface area contributed by atoms with E-state index in [9.17, 15) is 15.2 Å². The lowest BCUT2D eigenvalue weighted by atomic mass is 10.1. The molecule has 0 spiro atoms. The molecule has 16 heavy (non-hydrogen) atoms. The molecule has 0 heterocycles. The number of hydrogen-bond acceptors (Lipinski definition) is 4. The van der Waals surface area contributed by atoms with Crippen LogP contribution in [0.15, 0.2) is 24.3 Å². The second-order valence-corrected chi connectivity index (χ2v) is 4.34. The highest BCUT2D eigenvalue weighted by Crippen LogP contribution is 2.12. The average molecular weight is 224 g/mol. The third-order valence-corrected chi connectivity index (χ3v) is 2.01. The third-order valence-electron chi connectivity index (χ3n) is 2.01. The van der Waals surface area contributed by atoms with Crippen LogP contribution in [-0.2, 0) is 6.54 Å². The van der Waals surface area contributed by atoms with E-state index < -0.39 is 10.5 Å². The zero-order valence-corrected chi connectivity index (χ0v) is 9.43. The molecular weight excluding hydrogens is 208 g/mol. The van der Waals surface area contributed by atoms with Crippen molar-refractivity contribution in [3.8, 4) is 0 Å². The predicted molar refractivity (Wildman–Crippen MR) is 61.1 cm³/mol. The van der Waals surface area contributed by atoms with Crippen LogP contribution in [0.5, 0.6) is 0 Å². The van der Waals surface area contributed by atoms with Gasteiger partial charge >= 0.3 is 0 Å². The number of nitro groups is 1. The number of benzene rings is 1. The fourth-order valence-electron chi connectivity index (χ4n) is 1.29. The summed E-state index contributed by atoms with van der Waals surface area (Å²) in [6.07, 6.45) is 0. The van der Waals surface area contributed by atoms with Gasteiger partial charge in [0.1, 0.15) is 0 Å². The number of hydrogen-bond donors (Lipinski definition) is 2. The van der Waals surface area contributed by atoms with Crippen LogP contribution in [0.2, 0.25) is 0 Å². The Hall–Kier alpha value is -1.46. The molecule has 0 fully saturated rings. The summed E-state index contributed by atoms with van der Waals surface area (Å²) in [4.78, 5) is 10.1. The van der Waals surface area contributed by atoms with Gasteiger partial charge in [0.05, 0.1) is 10.5 Å². The summed E-state index contributed by atoms with van der Waals surface area (Å²) < 4.78 is 0. The first kappa shape index (κ1) is 12.6. The summed E-state index contributed by atoms with van der Waals surface area (Å²) in [6, 6.07) is 6.44. The Morgan fingerprint density at radius 1 is 1.50 bits per heavy atom. The Bertz CT molecular complexity index is 372. The van der Waals surface area contributed by atoms with E-state index in [0.29, 0.717) is 13.1 Å². The lowest BCUT2D eigenvalue weighted by Gasteiger charge is -2.17. The molecule has 0 atom stereocenters. The third kappa shape index (κ3) is 4.37. The monoisotopic (exact) mass is 224 g/mol. The molecule has 1 aromatic carbocycles. The van der Waals surface area contributed by atoms with E-state index in [0.717, 1.165) is 5.56 Å². The molecule has 0 saturated carbocycles. The summed E-state index contributed by atoms with van der Waals surface area (Å²) >= 11 is 0. The van der Waals surface area contributed by atoms with Crippen molar-refractivity contribution in [2.24, 2.45) is 0 Å². The lowest BCUT2D eigenvalue weighted by molar-refractivity contribution is -0.384. The van der Waals surface area contributed by atoms with E-state index in [2.05, 4.69) is 5.32 Å². The lowest BCUT2D eigenvalue weighted by Crippen LogP contribution is -2.34. The second-order valence-electron chi connectivity index (χ2n) is 4.34. The van der Waals surface area contributed by atoms with E-state index in [4.69, 9.17) is 0 Å². The van der Waals surface area contributed by atoms with Crippen LogP contribution in [0.25, 0.3) is 0 Å². The molecule has 0 aliphatic rings. The molecule has 0 amide bonds. The molecule has 0 bridgehead atoms. The number of non-ortho nitro benzene ring substituents is 1. The molecule has 0 aliphatic heterocycles. The zero-order chi connectivity index (χ0) is 12.2. The summed E-state index contributed by atoms with van der Waals surface area (Å²) in [5, 5.41) is 23.0. The zero-order valence-electron chi connectivity index (χ0n) is 9.43. The molecule has 5 heteroatoms. The van der Waals surface area contributed by atoms with Gasteiger partial charge in [-0.1, -0.05) is 12.1 Å². The molecule has 88 valence electrons. The van der Waals surface area contributed by atoms with Crippen molar-refractivity contribution in [2.75, 3.05) is 6.54 Å². The van der Waals surface area contributed by atoms with E-state index >= 15 is 0 Å². The minimum atomic E-state index is -0.777. The van der Waals surface area contributed by atoms with Gasteiger partial charge in [-0.15, -0.1) is 0 Å². The van der Waals surface area contributed by atoms with Gasteiger partial charge in [-0.2, -0.15) is 0 Å². The first-order valence-electron chi connectivity index (χ1n) is 5.05. The number of nitrogens with zero attached hydrogens (tertiary/aromatic N) is 1. The molecular formula is C11H16N2O3. The van der Waals surface area contributed by atoms with Crippen LogP contribution in [0.1, 0.15) is 19.4 Å². The van der Waals surface area contributed by atoms with Crippen LogP contribution >= 0.6 is 0 Å². The summed E-state index contributed by atoms with van der Waals surface area (Å²) in [5.74, 6) is 0. The van der Waals surface area contributed by atoms with Crippen molar-refractivity contribution in [2.45, 2.75) is 26.0 Å². The molecule has 0 aliphatic carbocycles. The van der Waals surface area contributed by atoms with Gasteiger partial charge in [-0.3, -0.25) is 10.1 Å². The first-order chi connectivity index (χ1) is 7.38. The highest BCUT2D eigenvalue weighted by molar-refractivity contribution is 5.34. The fraction of sp³-hybridized carbons (Fsp3) is 0.455. The Kier molecular flexibility index (Phi) is 3.98. The minimum Gasteiger partial charge on any atom is -0.389 e. The number of nitro benzene ring substituents is 1. The van der Waals surface area contributed by atoms with Gasteiger partial charge in [-0.05, 0) is 19.4 Å². The predicted octanol–water partition coefficient (Wildman–Crippen LogP) is 1.46. The normalized spacial score (nSPS) is 11.4. The highest BCUT2D eigenvalue weighted by Gasteiger charge is 2.11. The number of rotatable bonds is 5. The van der Waals surface area contributed by atoms with Crippen molar-refractivity contribution in [3.05, 3.63) is 39.9 Å². The largest absolute Gasteiger partial charge is 0.389 e. The average Bonchev–Trinajstić information content (AvgIpc) is 2.16. The van der Waals surface area contributed by atoms with Crippen LogP contribution in [-0.4, -0.2) is 22.2 Å².